The van der Waals surface area contributed by atoms with Crippen molar-refractivity contribution in [2.45, 2.75) is 45.8 Å². The first kappa shape index (κ1) is 26.0. The first-order valence-electron chi connectivity index (χ1n) is 10.2. The van der Waals surface area contributed by atoms with Gasteiger partial charge in [0.2, 0.25) is 0 Å². The van der Waals surface area contributed by atoms with Crippen LogP contribution in [0.4, 0.5) is 0 Å². The number of methoxy groups -OCH3 is 2. The van der Waals surface area contributed by atoms with Crippen molar-refractivity contribution in [2.24, 2.45) is 10.4 Å². The van der Waals surface area contributed by atoms with Gasteiger partial charge in [-0.3, -0.25) is 9.89 Å². The fraction of sp³-hybridized carbons (Fsp3) is 0.682. The lowest BCUT2D eigenvalue weighted by molar-refractivity contribution is 0.0205. The number of benzene rings is 1. The summed E-state index contributed by atoms with van der Waals surface area (Å²) < 4.78 is 11.1. The number of nitrogens with zero attached hydrogens (tertiary/aromatic N) is 2. The van der Waals surface area contributed by atoms with Gasteiger partial charge in [0.05, 0.1) is 19.3 Å². The molecule has 0 aliphatic carbocycles. The Morgan fingerprint density at radius 1 is 1.14 bits per heavy atom. The van der Waals surface area contributed by atoms with E-state index in [1.165, 1.54) is 18.4 Å². The van der Waals surface area contributed by atoms with Crippen molar-refractivity contribution in [3.63, 3.8) is 0 Å². The number of guanidine groups is 1. The second kappa shape index (κ2) is 12.6. The van der Waals surface area contributed by atoms with Gasteiger partial charge in [-0.2, -0.15) is 0 Å². The van der Waals surface area contributed by atoms with Gasteiger partial charge in [-0.1, -0.05) is 32.9 Å². The summed E-state index contributed by atoms with van der Waals surface area (Å²) in [5, 5.41) is 6.93. The van der Waals surface area contributed by atoms with E-state index in [1.54, 1.807) is 14.2 Å². The number of nitrogens with one attached hydrogen (secondary N) is 2. The minimum Gasteiger partial charge on any atom is -0.497 e. The van der Waals surface area contributed by atoms with Gasteiger partial charge in [0.15, 0.2) is 5.96 Å². The Kier molecular flexibility index (Phi) is 11.3. The van der Waals surface area contributed by atoms with Crippen LogP contribution in [-0.4, -0.2) is 64.4 Å². The zero-order chi connectivity index (χ0) is 20.6. The quantitative estimate of drug-likeness (QED) is 0.313. The molecule has 1 heterocycles. The van der Waals surface area contributed by atoms with E-state index in [-0.39, 0.29) is 41.5 Å². The van der Waals surface area contributed by atoms with E-state index >= 15 is 0 Å². The molecule has 7 heteroatoms. The predicted octanol–water partition coefficient (Wildman–Crippen LogP) is 3.68. The molecule has 1 aliphatic rings. The molecule has 6 nitrogen and oxygen atoms in total. The van der Waals surface area contributed by atoms with E-state index in [1.807, 2.05) is 13.1 Å². The van der Waals surface area contributed by atoms with Crippen molar-refractivity contribution in [1.82, 2.24) is 15.5 Å². The summed E-state index contributed by atoms with van der Waals surface area (Å²) in [5.74, 6) is 1.70. The van der Waals surface area contributed by atoms with Crippen molar-refractivity contribution >= 4 is 29.9 Å². The highest BCUT2D eigenvalue weighted by Crippen LogP contribution is 2.27. The average Bonchev–Trinajstić information content (AvgIpc) is 3.20. The van der Waals surface area contributed by atoms with Crippen LogP contribution in [0, 0.1) is 5.41 Å². The molecule has 29 heavy (non-hydrogen) atoms. The molecule has 0 saturated carbocycles. The Hall–Kier alpha value is -1.06. The number of ether oxygens (including phenoxy) is 2. The number of likely N-dealkylation sites (tertiary alicyclic amines) is 1. The predicted molar refractivity (Wildman–Crippen MR) is 132 cm³/mol. The average molecular weight is 518 g/mol. The number of halogens is 1. The minimum absolute atomic E-state index is 0. The maximum atomic E-state index is 5.64. The standard InChI is InChI=1S/C22H38N4O2.HI/c1-22(2,3)20(28-6)16-25-21(23-4)24-15-19(26-12-7-8-13-26)17-10-9-11-18(14-17)27-5;/h9-11,14,19-20H,7-8,12-13,15-16H2,1-6H3,(H2,23,24,25);1H. The van der Waals surface area contributed by atoms with Gasteiger partial charge < -0.3 is 20.1 Å². The van der Waals surface area contributed by atoms with Gasteiger partial charge in [0.1, 0.15) is 5.75 Å². The first-order valence-corrected chi connectivity index (χ1v) is 10.2. The van der Waals surface area contributed by atoms with E-state index in [4.69, 9.17) is 9.47 Å². The summed E-state index contributed by atoms with van der Waals surface area (Å²) in [6.07, 6.45) is 2.63. The molecule has 0 amide bonds. The van der Waals surface area contributed by atoms with Crippen molar-refractivity contribution < 1.29 is 9.47 Å². The fourth-order valence-corrected chi connectivity index (χ4v) is 3.71. The van der Waals surface area contributed by atoms with E-state index in [0.717, 1.165) is 31.3 Å². The molecule has 2 unspecified atom stereocenters. The lowest BCUT2D eigenvalue weighted by Crippen LogP contribution is -2.47. The SMILES string of the molecule is CN=C(NCC(c1cccc(OC)c1)N1CCCC1)NCC(OC)C(C)(C)C.I. The normalized spacial score (nSPS) is 17.4. The largest absolute Gasteiger partial charge is 0.497 e. The van der Waals surface area contributed by atoms with Crippen molar-refractivity contribution in [3.05, 3.63) is 29.8 Å². The van der Waals surface area contributed by atoms with Crippen LogP contribution in [-0.2, 0) is 4.74 Å². The molecule has 0 aromatic heterocycles. The molecule has 1 aliphatic heterocycles. The summed E-state index contributed by atoms with van der Waals surface area (Å²) in [5.41, 5.74) is 1.34. The maximum absolute atomic E-state index is 5.64. The Morgan fingerprint density at radius 2 is 1.79 bits per heavy atom. The van der Waals surface area contributed by atoms with Crippen molar-refractivity contribution in [2.75, 3.05) is 47.4 Å². The second-order valence-electron chi connectivity index (χ2n) is 8.46. The maximum Gasteiger partial charge on any atom is 0.191 e. The molecule has 1 aromatic rings. The molecule has 2 atom stereocenters. The summed E-state index contributed by atoms with van der Waals surface area (Å²) in [6, 6.07) is 8.68. The highest BCUT2D eigenvalue weighted by Gasteiger charge is 2.26. The van der Waals surface area contributed by atoms with Gasteiger partial charge in [-0.15, -0.1) is 24.0 Å². The number of aliphatic imine (C=N–C) groups is 1. The first-order chi connectivity index (χ1) is 13.4. The molecule has 166 valence electrons. The van der Waals surface area contributed by atoms with Gasteiger partial charge in [-0.05, 0) is 49.0 Å². The van der Waals surface area contributed by atoms with Crippen LogP contribution in [0.2, 0.25) is 0 Å². The monoisotopic (exact) mass is 518 g/mol. The molecular formula is C22H39IN4O2. The number of hydrogen-bond donors (Lipinski definition) is 2. The zero-order valence-electron chi connectivity index (χ0n) is 18.8. The Labute approximate surface area is 193 Å². The molecule has 2 N–H and O–H groups in total. The van der Waals surface area contributed by atoms with E-state index in [2.05, 4.69) is 59.5 Å². The molecule has 1 saturated heterocycles. The van der Waals surface area contributed by atoms with Gasteiger partial charge >= 0.3 is 0 Å². The topological polar surface area (TPSA) is 58.1 Å². The molecule has 0 bridgehead atoms. The van der Waals surface area contributed by atoms with Gasteiger partial charge in [0, 0.05) is 27.2 Å². The minimum atomic E-state index is 0. The lowest BCUT2D eigenvalue weighted by Gasteiger charge is -2.31. The third-order valence-corrected chi connectivity index (χ3v) is 5.45. The summed E-state index contributed by atoms with van der Waals surface area (Å²) >= 11 is 0. The van der Waals surface area contributed by atoms with Crippen LogP contribution in [0.15, 0.2) is 29.3 Å². The number of hydrogen-bond acceptors (Lipinski definition) is 4. The molecule has 0 spiro atoms. The zero-order valence-corrected chi connectivity index (χ0v) is 21.2. The fourth-order valence-electron chi connectivity index (χ4n) is 3.71. The van der Waals surface area contributed by atoms with Crippen LogP contribution in [0.1, 0.15) is 45.2 Å². The summed E-state index contributed by atoms with van der Waals surface area (Å²) in [4.78, 5) is 6.94. The van der Waals surface area contributed by atoms with Crippen LogP contribution in [0.3, 0.4) is 0 Å². The van der Waals surface area contributed by atoms with Gasteiger partial charge in [-0.25, -0.2) is 0 Å². The van der Waals surface area contributed by atoms with Gasteiger partial charge in [0.25, 0.3) is 0 Å². The van der Waals surface area contributed by atoms with Crippen LogP contribution >= 0.6 is 24.0 Å². The Morgan fingerprint density at radius 3 is 2.34 bits per heavy atom. The summed E-state index contributed by atoms with van der Waals surface area (Å²) in [6.45, 7) is 10.3. The van der Waals surface area contributed by atoms with E-state index < -0.39 is 0 Å². The molecule has 2 rings (SSSR count). The van der Waals surface area contributed by atoms with E-state index in [9.17, 15) is 0 Å². The highest BCUT2D eigenvalue weighted by atomic mass is 127. The van der Waals surface area contributed by atoms with Crippen molar-refractivity contribution in [3.8, 4) is 5.75 Å². The molecule has 1 aromatic carbocycles. The molecular weight excluding hydrogens is 479 g/mol. The smallest absolute Gasteiger partial charge is 0.191 e. The molecule has 1 fully saturated rings. The highest BCUT2D eigenvalue weighted by molar-refractivity contribution is 14.0. The van der Waals surface area contributed by atoms with E-state index in [0.29, 0.717) is 6.54 Å². The van der Waals surface area contributed by atoms with Crippen LogP contribution in [0.5, 0.6) is 5.75 Å². The third kappa shape index (κ3) is 7.94. The third-order valence-electron chi connectivity index (χ3n) is 5.45. The lowest BCUT2D eigenvalue weighted by atomic mass is 9.89. The molecule has 0 radical (unpaired) electrons. The Bertz CT molecular complexity index is 627. The Balaban J connectivity index is 0.00000420. The number of rotatable bonds is 8. The summed E-state index contributed by atoms with van der Waals surface area (Å²) in [7, 11) is 5.29. The van der Waals surface area contributed by atoms with Crippen LogP contribution < -0.4 is 15.4 Å². The second-order valence-corrected chi connectivity index (χ2v) is 8.46. The van der Waals surface area contributed by atoms with Crippen LogP contribution in [0.25, 0.3) is 0 Å². The van der Waals surface area contributed by atoms with Crippen molar-refractivity contribution in [1.29, 1.82) is 0 Å².